The van der Waals surface area contributed by atoms with Crippen LogP contribution >= 0.6 is 0 Å². The summed E-state index contributed by atoms with van der Waals surface area (Å²) in [6.45, 7) is 19.5. The molecule has 0 nitrogen and oxygen atoms in total. The fourth-order valence-electron chi connectivity index (χ4n) is 10.4. The standard InChI is InChI=1S/C40H42Si.2CH3.Hf/c1-25(2)41(26(3)4,33-21-31-17-11-19-35(37(31)23-33)39-27(5)13-9-14-28(39)6)34-22-32-18-12-20-36(38(32)24-34)40-29(7)15-10-16-30(40)8;;;/h9-26H,1-8H3;2*1H3;. The Kier molecular flexibility index (Phi) is 7.18. The monoisotopic (exact) mass is 760 g/mol. The molecule has 1 saturated heterocycles. The second-order valence-corrected chi connectivity index (χ2v) is 37.7. The van der Waals surface area contributed by atoms with E-state index >= 15 is 0 Å². The number of aryl methyl sites for hydroxylation is 4. The molecule has 0 saturated carbocycles. The van der Waals surface area contributed by atoms with Crippen molar-refractivity contribution in [1.29, 1.82) is 0 Å². The summed E-state index contributed by atoms with van der Waals surface area (Å²) in [5, 5.41) is 3.76. The van der Waals surface area contributed by atoms with Crippen molar-refractivity contribution in [3.63, 3.8) is 0 Å². The maximum absolute atomic E-state index is 3.13. The SMILES string of the molecule is Cc1cccc(C)c1-c1cccc2c1C=C1[CH]2[Hf]([CH3])([CH3])[CH]2C(=Cc3c(-c4c(C)cccc4C)cccc32)[Si]1(C(C)C)C(C)C. The molecule has 0 bridgehead atoms. The normalized spacial score (nSPS) is 20.6. The average Bonchev–Trinajstić information content (AvgIpc) is 3.54. The number of allylic oxidation sites excluding steroid dienone is 2. The van der Waals surface area contributed by atoms with Crippen LogP contribution in [0.4, 0.5) is 0 Å². The molecule has 1 fully saturated rings. The van der Waals surface area contributed by atoms with Crippen LogP contribution in [0.2, 0.25) is 20.4 Å². The molecule has 0 radical (unpaired) electrons. The second kappa shape index (κ2) is 10.5. The Morgan fingerprint density at radius 2 is 0.864 bits per heavy atom. The number of hydrogen-bond donors (Lipinski definition) is 0. The Bertz CT molecular complexity index is 1720. The molecule has 0 amide bonds. The summed E-state index contributed by atoms with van der Waals surface area (Å²) in [5.74, 6) is 0. The van der Waals surface area contributed by atoms with Crippen molar-refractivity contribution < 1.29 is 20.0 Å². The van der Waals surface area contributed by atoms with Gasteiger partial charge in [0.25, 0.3) is 0 Å². The van der Waals surface area contributed by atoms with Crippen LogP contribution in [0, 0.1) is 27.7 Å². The molecular formula is C42H48HfSi. The Balaban J connectivity index is 1.54. The minimum absolute atomic E-state index is 0.644. The van der Waals surface area contributed by atoms with Crippen LogP contribution in [0.25, 0.3) is 34.4 Å². The zero-order valence-electron chi connectivity index (χ0n) is 28.4. The third kappa shape index (κ3) is 3.95. The molecule has 2 atom stereocenters. The van der Waals surface area contributed by atoms with Gasteiger partial charge in [0.1, 0.15) is 0 Å². The summed E-state index contributed by atoms with van der Waals surface area (Å²) >= 11 is -3.13. The van der Waals surface area contributed by atoms with E-state index in [9.17, 15) is 0 Å². The molecule has 0 N–H and O–H groups in total. The van der Waals surface area contributed by atoms with Crippen LogP contribution in [0.3, 0.4) is 0 Å². The van der Waals surface area contributed by atoms with Crippen molar-refractivity contribution >= 4 is 20.2 Å². The number of hydrogen-bond acceptors (Lipinski definition) is 0. The van der Waals surface area contributed by atoms with Crippen LogP contribution in [-0.4, -0.2) is 8.07 Å². The van der Waals surface area contributed by atoms with Crippen LogP contribution in [0.5, 0.6) is 0 Å². The molecule has 3 aliphatic rings. The first kappa shape index (κ1) is 30.1. The molecule has 7 rings (SSSR count). The van der Waals surface area contributed by atoms with Gasteiger partial charge < -0.3 is 0 Å². The van der Waals surface area contributed by atoms with Gasteiger partial charge in [0.05, 0.1) is 0 Å². The Labute approximate surface area is 271 Å². The summed E-state index contributed by atoms with van der Waals surface area (Å²) in [6, 6.07) is 28.2. The Morgan fingerprint density at radius 1 is 0.523 bits per heavy atom. The van der Waals surface area contributed by atoms with Crippen molar-refractivity contribution in [2.24, 2.45) is 0 Å². The zero-order valence-corrected chi connectivity index (χ0v) is 33.0. The van der Waals surface area contributed by atoms with Crippen molar-refractivity contribution in [3.8, 4) is 22.3 Å². The molecule has 0 spiro atoms. The van der Waals surface area contributed by atoms with E-state index in [4.69, 9.17) is 0 Å². The number of fused-ring (bicyclic) bond motifs is 6. The van der Waals surface area contributed by atoms with E-state index in [1.54, 1.807) is 22.3 Å². The summed E-state index contributed by atoms with van der Waals surface area (Å²) in [7, 11) is -2.11. The topological polar surface area (TPSA) is 0 Å². The molecule has 1 aliphatic heterocycles. The first-order valence-electron chi connectivity index (χ1n) is 16.7. The van der Waals surface area contributed by atoms with E-state index in [2.05, 4.69) is 150 Å². The Hall–Kier alpha value is -2.55. The van der Waals surface area contributed by atoms with E-state index in [1.807, 2.05) is 10.4 Å². The van der Waals surface area contributed by atoms with Gasteiger partial charge in [-0.1, -0.05) is 0 Å². The maximum atomic E-state index is 2.81. The molecular weight excluding hydrogens is 711 g/mol. The summed E-state index contributed by atoms with van der Waals surface area (Å²) < 4.78 is 6.92. The van der Waals surface area contributed by atoms with Crippen molar-refractivity contribution in [2.45, 2.75) is 83.2 Å². The quantitative estimate of drug-likeness (QED) is 0.182. The molecule has 4 aromatic rings. The predicted molar refractivity (Wildman–Crippen MR) is 192 cm³/mol. The molecule has 2 unspecified atom stereocenters. The van der Waals surface area contributed by atoms with Gasteiger partial charge >= 0.3 is 273 Å². The van der Waals surface area contributed by atoms with Gasteiger partial charge in [-0.25, -0.2) is 0 Å². The van der Waals surface area contributed by atoms with Crippen LogP contribution < -0.4 is 0 Å². The van der Waals surface area contributed by atoms with Gasteiger partial charge in [-0.05, 0) is 0 Å². The first-order valence-corrected chi connectivity index (χ1v) is 30.2. The Morgan fingerprint density at radius 3 is 1.20 bits per heavy atom. The van der Waals surface area contributed by atoms with E-state index in [-0.39, 0.29) is 0 Å². The van der Waals surface area contributed by atoms with Crippen LogP contribution in [0.15, 0.2) is 83.2 Å². The molecule has 0 aromatic heterocycles. The fourth-order valence-corrected chi connectivity index (χ4v) is 43.1. The van der Waals surface area contributed by atoms with Crippen molar-refractivity contribution in [1.82, 2.24) is 0 Å². The van der Waals surface area contributed by atoms with Crippen LogP contribution in [-0.2, 0) is 20.0 Å². The van der Waals surface area contributed by atoms with Gasteiger partial charge in [0, 0.05) is 0 Å². The minimum atomic E-state index is -3.13. The molecule has 2 heteroatoms. The van der Waals surface area contributed by atoms with Crippen molar-refractivity contribution in [3.05, 3.63) is 128 Å². The first-order chi connectivity index (χ1) is 20.9. The fraction of sp³-hybridized carbons (Fsp3) is 0.333. The third-order valence-corrected chi connectivity index (χ3v) is 35.5. The van der Waals surface area contributed by atoms with Gasteiger partial charge in [-0.2, -0.15) is 0 Å². The molecule has 1 heterocycles. The van der Waals surface area contributed by atoms with Gasteiger partial charge in [0.15, 0.2) is 0 Å². The van der Waals surface area contributed by atoms with Gasteiger partial charge in [0.2, 0.25) is 0 Å². The molecule has 44 heavy (non-hydrogen) atoms. The molecule has 4 aromatic carbocycles. The van der Waals surface area contributed by atoms with E-state index in [1.165, 1.54) is 44.5 Å². The zero-order chi connectivity index (χ0) is 31.3. The second-order valence-electron chi connectivity index (χ2n) is 15.2. The van der Waals surface area contributed by atoms with Gasteiger partial charge in [-0.15, -0.1) is 0 Å². The number of rotatable bonds is 4. The van der Waals surface area contributed by atoms with E-state index in [0.717, 1.165) is 0 Å². The average molecular weight is 759 g/mol. The summed E-state index contributed by atoms with van der Waals surface area (Å²) in [6.07, 6.45) is 5.56. The molecule has 224 valence electrons. The third-order valence-electron chi connectivity index (χ3n) is 11.9. The molecule has 2 aliphatic carbocycles. The van der Waals surface area contributed by atoms with E-state index in [0.29, 0.717) is 18.4 Å². The van der Waals surface area contributed by atoms with Crippen LogP contribution in [0.1, 0.15) is 79.6 Å². The predicted octanol–water partition coefficient (Wildman–Crippen LogP) is 12.4. The summed E-state index contributed by atoms with van der Waals surface area (Å²) in [4.78, 5) is 0. The summed E-state index contributed by atoms with van der Waals surface area (Å²) in [5.41, 5.74) is 19.0. The van der Waals surface area contributed by atoms with E-state index < -0.39 is 28.0 Å². The number of benzene rings is 4. The van der Waals surface area contributed by atoms with Crippen molar-refractivity contribution in [2.75, 3.05) is 0 Å². The van der Waals surface area contributed by atoms with Gasteiger partial charge in [-0.3, -0.25) is 0 Å².